The van der Waals surface area contributed by atoms with E-state index < -0.39 is 12.0 Å². The Morgan fingerprint density at radius 1 is 1.00 bits per heavy atom. The van der Waals surface area contributed by atoms with Crippen LogP contribution in [-0.2, 0) is 20.9 Å². The monoisotopic (exact) mass is 551 g/mol. The molecule has 0 spiro atoms. The van der Waals surface area contributed by atoms with Gasteiger partial charge in [0, 0.05) is 17.3 Å². The van der Waals surface area contributed by atoms with E-state index in [0.717, 1.165) is 5.56 Å². The van der Waals surface area contributed by atoms with Crippen LogP contribution in [0.5, 0.6) is 5.75 Å². The van der Waals surface area contributed by atoms with E-state index in [1.165, 1.54) is 4.90 Å². The third kappa shape index (κ3) is 6.12. The summed E-state index contributed by atoms with van der Waals surface area (Å²) in [7, 11) is 1.56. The maximum absolute atomic E-state index is 13.7. The number of rotatable bonds is 9. The van der Waals surface area contributed by atoms with Crippen molar-refractivity contribution in [1.82, 2.24) is 4.90 Å². The maximum Gasteiger partial charge on any atom is 0.338 e. The number of methoxy groups -OCH3 is 1. The normalized spacial score (nSPS) is 15.0. The Labute approximate surface area is 231 Å². The Morgan fingerprint density at radius 2 is 1.66 bits per heavy atom. The minimum Gasteiger partial charge on any atom is -0.497 e. The van der Waals surface area contributed by atoms with Crippen molar-refractivity contribution in [3.63, 3.8) is 0 Å². The van der Waals surface area contributed by atoms with E-state index in [1.807, 2.05) is 12.1 Å². The maximum atomic E-state index is 13.7. The molecule has 1 N–H and O–H groups in total. The van der Waals surface area contributed by atoms with E-state index in [2.05, 4.69) is 5.32 Å². The van der Waals surface area contributed by atoms with Gasteiger partial charge in [0.2, 0.25) is 5.91 Å². The van der Waals surface area contributed by atoms with Crippen LogP contribution in [-0.4, -0.2) is 47.6 Å². The summed E-state index contributed by atoms with van der Waals surface area (Å²) in [4.78, 5) is 41.8. The Bertz CT molecular complexity index is 1330. The van der Waals surface area contributed by atoms with Gasteiger partial charge in [0.1, 0.15) is 11.8 Å². The van der Waals surface area contributed by atoms with Crippen molar-refractivity contribution in [2.45, 2.75) is 25.9 Å². The Balaban J connectivity index is 1.58. The van der Waals surface area contributed by atoms with Crippen LogP contribution in [0.3, 0.4) is 0 Å². The minimum atomic E-state index is -0.832. The topological polar surface area (TPSA) is 88.2 Å². The van der Waals surface area contributed by atoms with Crippen molar-refractivity contribution in [2.75, 3.05) is 23.9 Å². The summed E-state index contributed by atoms with van der Waals surface area (Å²) in [6.07, 6.45) is -0.115. The van der Waals surface area contributed by atoms with Crippen LogP contribution in [0.1, 0.15) is 29.3 Å². The van der Waals surface area contributed by atoms with E-state index in [4.69, 9.17) is 33.3 Å². The van der Waals surface area contributed by atoms with E-state index in [9.17, 15) is 14.4 Å². The standard InChI is InChI=1S/C28H26ClN3O5S/c1-3-37-27(35)19-6-12-22(13-7-19)32-26(34)24(16-25(33)30-21-10-14-23(36-2)15-11-21)31(28(32)38)17-18-4-8-20(29)9-5-18/h4-15,24H,3,16-17H2,1-2H3,(H,30,33)/t24-/m0/s1. The number of nitrogens with one attached hydrogen (secondary N) is 1. The van der Waals surface area contributed by atoms with Crippen LogP contribution in [0, 0.1) is 0 Å². The van der Waals surface area contributed by atoms with E-state index in [-0.39, 0.29) is 30.0 Å². The molecule has 0 saturated carbocycles. The first kappa shape index (κ1) is 27.1. The summed E-state index contributed by atoms with van der Waals surface area (Å²) < 4.78 is 10.2. The predicted molar refractivity (Wildman–Crippen MR) is 150 cm³/mol. The molecule has 1 heterocycles. The van der Waals surface area contributed by atoms with E-state index >= 15 is 0 Å². The molecule has 3 aromatic rings. The molecule has 0 radical (unpaired) electrons. The molecule has 1 aliphatic heterocycles. The molecule has 0 aromatic heterocycles. The molecule has 0 aliphatic carbocycles. The second kappa shape index (κ2) is 12.1. The SMILES string of the molecule is CCOC(=O)c1ccc(N2C(=O)[C@H](CC(=O)Nc3ccc(OC)cc3)N(Cc3ccc(Cl)cc3)C2=S)cc1. The number of benzene rings is 3. The molecule has 1 saturated heterocycles. The summed E-state index contributed by atoms with van der Waals surface area (Å²) in [5, 5.41) is 3.68. The molecule has 1 aliphatic rings. The van der Waals surface area contributed by atoms with Crippen molar-refractivity contribution in [1.29, 1.82) is 0 Å². The number of amides is 2. The highest BCUT2D eigenvalue weighted by Crippen LogP contribution is 2.30. The highest BCUT2D eigenvalue weighted by Gasteiger charge is 2.44. The number of ether oxygens (including phenoxy) is 2. The minimum absolute atomic E-state index is 0.115. The number of thiocarbonyl (C=S) groups is 1. The van der Waals surface area contributed by atoms with Crippen LogP contribution in [0.15, 0.2) is 72.8 Å². The Morgan fingerprint density at radius 3 is 2.26 bits per heavy atom. The molecule has 10 heteroatoms. The van der Waals surface area contributed by atoms with Crippen LogP contribution < -0.4 is 15.0 Å². The largest absolute Gasteiger partial charge is 0.497 e. The van der Waals surface area contributed by atoms with Crippen LogP contribution in [0.25, 0.3) is 0 Å². The first-order chi connectivity index (χ1) is 18.3. The van der Waals surface area contributed by atoms with Gasteiger partial charge in [-0.25, -0.2) is 4.79 Å². The molecule has 38 heavy (non-hydrogen) atoms. The number of anilines is 2. The number of hydrogen-bond acceptors (Lipinski definition) is 6. The summed E-state index contributed by atoms with van der Waals surface area (Å²) in [6, 6.07) is 19.7. The molecule has 1 fully saturated rings. The first-order valence-corrected chi connectivity index (χ1v) is 12.7. The van der Waals surface area contributed by atoms with Gasteiger partial charge in [0.15, 0.2) is 5.11 Å². The predicted octanol–water partition coefficient (Wildman–Crippen LogP) is 5.06. The van der Waals surface area contributed by atoms with Crippen molar-refractivity contribution >= 4 is 58.1 Å². The van der Waals surface area contributed by atoms with Gasteiger partial charge in [0.25, 0.3) is 5.91 Å². The highest BCUT2D eigenvalue weighted by atomic mass is 35.5. The van der Waals surface area contributed by atoms with E-state index in [0.29, 0.717) is 34.3 Å². The quantitative estimate of drug-likeness (QED) is 0.294. The summed E-state index contributed by atoms with van der Waals surface area (Å²) in [5.41, 5.74) is 2.32. The third-order valence-corrected chi connectivity index (χ3v) is 6.64. The second-order valence-electron chi connectivity index (χ2n) is 8.47. The Kier molecular flexibility index (Phi) is 8.60. The average molecular weight is 552 g/mol. The molecule has 2 amide bonds. The molecule has 3 aromatic carbocycles. The molecule has 8 nitrogen and oxygen atoms in total. The lowest BCUT2D eigenvalue weighted by Gasteiger charge is -2.24. The molecular weight excluding hydrogens is 526 g/mol. The van der Waals surface area contributed by atoms with Gasteiger partial charge in [-0.1, -0.05) is 23.7 Å². The molecule has 196 valence electrons. The second-order valence-corrected chi connectivity index (χ2v) is 9.28. The fraction of sp³-hybridized carbons (Fsp3) is 0.214. The molecule has 0 bridgehead atoms. The molecule has 1 atom stereocenters. The van der Waals surface area contributed by atoms with Gasteiger partial charge in [-0.15, -0.1) is 0 Å². The summed E-state index contributed by atoms with van der Waals surface area (Å²) in [6.45, 7) is 2.29. The lowest BCUT2D eigenvalue weighted by molar-refractivity contribution is -0.124. The molecule has 0 unspecified atom stereocenters. The molecule has 4 rings (SSSR count). The van der Waals surface area contributed by atoms with Crippen molar-refractivity contribution < 1.29 is 23.9 Å². The van der Waals surface area contributed by atoms with Crippen LogP contribution in [0.2, 0.25) is 5.02 Å². The lowest BCUT2D eigenvalue weighted by atomic mass is 10.1. The highest BCUT2D eigenvalue weighted by molar-refractivity contribution is 7.80. The van der Waals surface area contributed by atoms with Gasteiger partial charge < -0.3 is 19.7 Å². The zero-order valence-electron chi connectivity index (χ0n) is 20.8. The zero-order valence-corrected chi connectivity index (χ0v) is 22.4. The lowest BCUT2D eigenvalue weighted by Crippen LogP contribution is -2.37. The summed E-state index contributed by atoms with van der Waals surface area (Å²) >= 11 is 11.8. The fourth-order valence-electron chi connectivity index (χ4n) is 4.06. The summed E-state index contributed by atoms with van der Waals surface area (Å²) in [5.74, 6) is -0.459. The molecular formula is C28H26ClN3O5S. The average Bonchev–Trinajstić information content (AvgIpc) is 3.14. The van der Waals surface area contributed by atoms with Gasteiger partial charge >= 0.3 is 5.97 Å². The first-order valence-electron chi connectivity index (χ1n) is 11.9. The zero-order chi connectivity index (χ0) is 27.2. The van der Waals surface area contributed by atoms with Gasteiger partial charge in [0.05, 0.1) is 31.4 Å². The number of esters is 1. The van der Waals surface area contributed by atoms with Crippen molar-refractivity contribution in [3.05, 3.63) is 88.9 Å². The number of carbonyl (C=O) groups excluding carboxylic acids is 3. The van der Waals surface area contributed by atoms with Gasteiger partial charge in [-0.2, -0.15) is 0 Å². The van der Waals surface area contributed by atoms with Crippen LogP contribution in [0.4, 0.5) is 11.4 Å². The Hall–Kier alpha value is -3.95. The van der Waals surface area contributed by atoms with Crippen molar-refractivity contribution in [3.8, 4) is 5.75 Å². The third-order valence-electron chi connectivity index (χ3n) is 5.97. The van der Waals surface area contributed by atoms with Gasteiger partial charge in [-0.3, -0.25) is 14.5 Å². The van der Waals surface area contributed by atoms with Crippen LogP contribution >= 0.6 is 23.8 Å². The number of hydrogen-bond donors (Lipinski definition) is 1. The smallest absolute Gasteiger partial charge is 0.338 e. The fourth-order valence-corrected chi connectivity index (χ4v) is 4.57. The number of halogens is 1. The van der Waals surface area contributed by atoms with Crippen molar-refractivity contribution in [2.24, 2.45) is 0 Å². The number of carbonyl (C=O) groups is 3. The number of nitrogens with zero attached hydrogens (tertiary/aromatic N) is 2. The van der Waals surface area contributed by atoms with Gasteiger partial charge in [-0.05, 0) is 85.4 Å². The van der Waals surface area contributed by atoms with E-state index in [1.54, 1.807) is 79.6 Å².